The van der Waals surface area contributed by atoms with Gasteiger partial charge in [0.1, 0.15) is 5.69 Å². The molecule has 0 saturated carbocycles. The summed E-state index contributed by atoms with van der Waals surface area (Å²) in [5, 5.41) is 4.96. The van der Waals surface area contributed by atoms with Crippen LogP contribution in [0.4, 0.5) is 0 Å². The van der Waals surface area contributed by atoms with Crippen molar-refractivity contribution in [3.63, 3.8) is 0 Å². The van der Waals surface area contributed by atoms with Crippen LogP contribution in [0.2, 0.25) is 0 Å². The van der Waals surface area contributed by atoms with Gasteiger partial charge in [0.15, 0.2) is 5.58 Å². The molecule has 1 aromatic carbocycles. The van der Waals surface area contributed by atoms with Crippen LogP contribution in [0.15, 0.2) is 28.8 Å². The lowest BCUT2D eigenvalue weighted by Crippen LogP contribution is -2.43. The Hall–Kier alpha value is -1.59. The standard InChI is InChI=1S/C16H21N3O2.ClH/c1-11(17)12-6-8-19(9-7-12)16(20)10-14-13-4-2-3-5-15(13)21-18-14;/h2-5,11-12H,6-10,17H2,1H3;1H. The number of amides is 1. The number of nitrogens with two attached hydrogens (primary N) is 1. The summed E-state index contributed by atoms with van der Waals surface area (Å²) in [5.41, 5.74) is 7.39. The van der Waals surface area contributed by atoms with Crippen LogP contribution in [0, 0.1) is 5.92 Å². The number of carbonyl (C=O) groups excluding carboxylic acids is 1. The van der Waals surface area contributed by atoms with Crippen LogP contribution < -0.4 is 5.73 Å². The minimum atomic E-state index is 0. The fraction of sp³-hybridized carbons (Fsp3) is 0.500. The molecule has 1 aliphatic heterocycles. The van der Waals surface area contributed by atoms with E-state index in [0.717, 1.165) is 42.6 Å². The molecule has 22 heavy (non-hydrogen) atoms. The fourth-order valence-electron chi connectivity index (χ4n) is 3.00. The van der Waals surface area contributed by atoms with E-state index < -0.39 is 0 Å². The molecule has 0 spiro atoms. The van der Waals surface area contributed by atoms with Crippen LogP contribution in [0.3, 0.4) is 0 Å². The Morgan fingerprint density at radius 2 is 2.09 bits per heavy atom. The lowest BCUT2D eigenvalue weighted by Gasteiger charge is -2.33. The Balaban J connectivity index is 0.00000176. The van der Waals surface area contributed by atoms with Crippen molar-refractivity contribution in [2.24, 2.45) is 11.7 Å². The van der Waals surface area contributed by atoms with E-state index in [0.29, 0.717) is 12.3 Å². The normalized spacial score (nSPS) is 17.3. The first-order valence-corrected chi connectivity index (χ1v) is 7.52. The molecule has 6 heteroatoms. The van der Waals surface area contributed by atoms with Gasteiger partial charge in [-0.2, -0.15) is 0 Å². The summed E-state index contributed by atoms with van der Waals surface area (Å²) in [6.45, 7) is 3.63. The Bertz CT molecular complexity index is 633. The third-order valence-electron chi connectivity index (χ3n) is 4.41. The quantitative estimate of drug-likeness (QED) is 0.941. The lowest BCUT2D eigenvalue weighted by atomic mass is 9.91. The van der Waals surface area contributed by atoms with Gasteiger partial charge in [-0.25, -0.2) is 0 Å². The van der Waals surface area contributed by atoms with E-state index in [4.69, 9.17) is 10.3 Å². The summed E-state index contributed by atoms with van der Waals surface area (Å²) in [6, 6.07) is 7.85. The van der Waals surface area contributed by atoms with Crippen LogP contribution >= 0.6 is 12.4 Å². The van der Waals surface area contributed by atoms with Crippen molar-refractivity contribution in [1.29, 1.82) is 0 Å². The topological polar surface area (TPSA) is 72.4 Å². The monoisotopic (exact) mass is 323 g/mol. The average molecular weight is 324 g/mol. The molecule has 2 heterocycles. The molecule has 1 aromatic heterocycles. The molecule has 1 unspecified atom stereocenters. The Labute approximate surface area is 136 Å². The van der Waals surface area contributed by atoms with Gasteiger partial charge in [0.25, 0.3) is 0 Å². The van der Waals surface area contributed by atoms with Gasteiger partial charge in [-0.3, -0.25) is 4.79 Å². The second kappa shape index (κ2) is 7.11. The van der Waals surface area contributed by atoms with Crippen molar-refractivity contribution in [2.45, 2.75) is 32.2 Å². The fourth-order valence-corrected chi connectivity index (χ4v) is 3.00. The van der Waals surface area contributed by atoms with E-state index >= 15 is 0 Å². The average Bonchev–Trinajstić information content (AvgIpc) is 2.91. The maximum atomic E-state index is 12.4. The molecule has 1 aliphatic rings. The summed E-state index contributed by atoms with van der Waals surface area (Å²) in [4.78, 5) is 14.3. The Kier molecular flexibility index (Phi) is 5.42. The molecule has 1 amide bonds. The van der Waals surface area contributed by atoms with Gasteiger partial charge < -0.3 is 15.2 Å². The second-order valence-corrected chi connectivity index (χ2v) is 5.88. The van der Waals surface area contributed by atoms with Gasteiger partial charge in [-0.05, 0) is 37.8 Å². The van der Waals surface area contributed by atoms with Crippen LogP contribution in [-0.2, 0) is 11.2 Å². The highest BCUT2D eigenvalue weighted by atomic mass is 35.5. The summed E-state index contributed by atoms with van der Waals surface area (Å²) < 4.78 is 5.25. The highest BCUT2D eigenvalue weighted by Gasteiger charge is 2.25. The van der Waals surface area contributed by atoms with E-state index in [1.807, 2.05) is 36.1 Å². The van der Waals surface area contributed by atoms with E-state index in [9.17, 15) is 4.79 Å². The predicted molar refractivity (Wildman–Crippen MR) is 87.9 cm³/mol. The number of nitrogens with zero attached hydrogens (tertiary/aromatic N) is 2. The smallest absolute Gasteiger partial charge is 0.228 e. The van der Waals surface area contributed by atoms with E-state index in [-0.39, 0.29) is 24.4 Å². The third kappa shape index (κ3) is 3.42. The zero-order valence-electron chi connectivity index (χ0n) is 12.7. The van der Waals surface area contributed by atoms with Crippen LogP contribution in [-0.4, -0.2) is 35.1 Å². The molecular formula is C16H22ClN3O2. The van der Waals surface area contributed by atoms with Crippen molar-refractivity contribution < 1.29 is 9.32 Å². The molecule has 1 saturated heterocycles. The maximum absolute atomic E-state index is 12.4. The zero-order chi connectivity index (χ0) is 14.8. The molecule has 5 nitrogen and oxygen atoms in total. The first-order chi connectivity index (χ1) is 10.1. The zero-order valence-corrected chi connectivity index (χ0v) is 13.5. The summed E-state index contributed by atoms with van der Waals surface area (Å²) >= 11 is 0. The molecule has 120 valence electrons. The van der Waals surface area contributed by atoms with Gasteiger partial charge in [0, 0.05) is 24.5 Å². The Morgan fingerprint density at radius 1 is 1.41 bits per heavy atom. The van der Waals surface area contributed by atoms with Gasteiger partial charge in [-0.15, -0.1) is 12.4 Å². The molecule has 0 radical (unpaired) electrons. The number of hydrogen-bond acceptors (Lipinski definition) is 4. The number of benzene rings is 1. The molecule has 0 aliphatic carbocycles. The molecule has 2 aromatic rings. The number of carbonyl (C=O) groups is 1. The number of halogens is 1. The molecule has 2 N–H and O–H groups in total. The van der Waals surface area contributed by atoms with Crippen molar-refractivity contribution in [3.8, 4) is 0 Å². The number of rotatable bonds is 3. The number of piperidine rings is 1. The SMILES string of the molecule is CC(N)C1CCN(C(=O)Cc2noc3ccccc23)CC1.Cl. The van der Waals surface area contributed by atoms with Crippen LogP contribution in [0.5, 0.6) is 0 Å². The first-order valence-electron chi connectivity index (χ1n) is 7.52. The molecule has 1 fully saturated rings. The highest BCUT2D eigenvalue weighted by molar-refractivity contribution is 5.86. The van der Waals surface area contributed by atoms with Crippen molar-refractivity contribution in [1.82, 2.24) is 10.1 Å². The lowest BCUT2D eigenvalue weighted by molar-refractivity contribution is -0.132. The van der Waals surface area contributed by atoms with Crippen molar-refractivity contribution >= 4 is 29.3 Å². The highest BCUT2D eigenvalue weighted by Crippen LogP contribution is 2.22. The summed E-state index contributed by atoms with van der Waals surface area (Å²) in [5.74, 6) is 0.652. The van der Waals surface area contributed by atoms with Crippen molar-refractivity contribution in [3.05, 3.63) is 30.0 Å². The van der Waals surface area contributed by atoms with E-state index in [2.05, 4.69) is 5.16 Å². The Morgan fingerprint density at radius 3 is 2.77 bits per heavy atom. The molecule has 0 bridgehead atoms. The maximum Gasteiger partial charge on any atom is 0.228 e. The summed E-state index contributed by atoms with van der Waals surface area (Å²) in [7, 11) is 0. The van der Waals surface area contributed by atoms with Gasteiger partial charge in [0.05, 0.1) is 6.42 Å². The van der Waals surface area contributed by atoms with Gasteiger partial charge in [-0.1, -0.05) is 17.3 Å². The van der Waals surface area contributed by atoms with Crippen LogP contribution in [0.25, 0.3) is 11.0 Å². The number of para-hydroxylation sites is 1. The number of aromatic nitrogens is 1. The van der Waals surface area contributed by atoms with Crippen molar-refractivity contribution in [2.75, 3.05) is 13.1 Å². The molecule has 1 atom stereocenters. The molecular weight excluding hydrogens is 302 g/mol. The van der Waals surface area contributed by atoms with Gasteiger partial charge in [0.2, 0.25) is 5.91 Å². The van der Waals surface area contributed by atoms with E-state index in [1.54, 1.807) is 0 Å². The largest absolute Gasteiger partial charge is 0.356 e. The third-order valence-corrected chi connectivity index (χ3v) is 4.41. The number of likely N-dealkylation sites (tertiary alicyclic amines) is 1. The second-order valence-electron chi connectivity index (χ2n) is 5.88. The minimum absolute atomic E-state index is 0. The van der Waals surface area contributed by atoms with E-state index in [1.165, 1.54) is 0 Å². The number of fused-ring (bicyclic) bond motifs is 1. The summed E-state index contributed by atoms with van der Waals surface area (Å²) in [6.07, 6.45) is 2.28. The first kappa shape index (κ1) is 16.8. The van der Waals surface area contributed by atoms with Crippen LogP contribution in [0.1, 0.15) is 25.5 Å². The molecule has 3 rings (SSSR count). The number of hydrogen-bond donors (Lipinski definition) is 1. The predicted octanol–water partition coefficient (Wildman–Crippen LogP) is 2.38. The van der Waals surface area contributed by atoms with Gasteiger partial charge >= 0.3 is 0 Å². The minimum Gasteiger partial charge on any atom is -0.356 e.